The van der Waals surface area contributed by atoms with Crippen molar-refractivity contribution >= 4 is 17.4 Å². The third-order valence-electron chi connectivity index (χ3n) is 2.71. The number of hydrogen-bond acceptors (Lipinski definition) is 4. The number of pyridine rings is 1. The Morgan fingerprint density at radius 1 is 1.14 bits per heavy atom. The summed E-state index contributed by atoms with van der Waals surface area (Å²) in [7, 11) is 0. The standard InChI is InChI=1S/C16H17N3O2.BrH/c1-2-21-16(20)15(13-19-11-7-4-8-12-19)18-17-14-9-5-3-6-10-14;/h3-12H,2,13H2,1H3;1H. The maximum Gasteiger partial charge on any atom is 0.361 e. The number of ether oxygens (including phenoxy) is 1. The number of nitrogens with one attached hydrogen (secondary N) is 1. The van der Waals surface area contributed by atoms with Crippen LogP contribution in [-0.2, 0) is 16.1 Å². The van der Waals surface area contributed by atoms with E-state index in [4.69, 9.17) is 4.74 Å². The maximum atomic E-state index is 12.0. The van der Waals surface area contributed by atoms with Gasteiger partial charge in [-0.25, -0.2) is 4.79 Å². The van der Waals surface area contributed by atoms with Gasteiger partial charge < -0.3 is 21.7 Å². The van der Waals surface area contributed by atoms with E-state index in [1.54, 1.807) is 6.92 Å². The van der Waals surface area contributed by atoms with Crippen LogP contribution in [0.3, 0.4) is 0 Å². The van der Waals surface area contributed by atoms with Gasteiger partial charge in [0.15, 0.2) is 18.9 Å². The lowest BCUT2D eigenvalue weighted by atomic mass is 10.3. The number of carbonyl (C=O) groups is 1. The molecule has 0 bridgehead atoms. The van der Waals surface area contributed by atoms with Gasteiger partial charge in [0.1, 0.15) is 0 Å². The second-order valence-corrected chi connectivity index (χ2v) is 4.30. The van der Waals surface area contributed by atoms with E-state index in [0.29, 0.717) is 18.9 Å². The number of para-hydroxylation sites is 1. The first-order valence-corrected chi connectivity index (χ1v) is 6.78. The van der Waals surface area contributed by atoms with Gasteiger partial charge in [-0.15, -0.1) is 0 Å². The van der Waals surface area contributed by atoms with Crippen LogP contribution in [0, 0.1) is 0 Å². The van der Waals surface area contributed by atoms with Crippen molar-refractivity contribution in [3.8, 4) is 0 Å². The van der Waals surface area contributed by atoms with Crippen molar-refractivity contribution in [3.05, 3.63) is 60.9 Å². The van der Waals surface area contributed by atoms with Crippen molar-refractivity contribution in [1.29, 1.82) is 0 Å². The molecule has 1 aromatic carbocycles. The Morgan fingerprint density at radius 2 is 1.77 bits per heavy atom. The minimum absolute atomic E-state index is 0. The highest BCUT2D eigenvalue weighted by Crippen LogP contribution is 2.04. The van der Waals surface area contributed by atoms with E-state index in [9.17, 15) is 4.79 Å². The Kier molecular flexibility index (Phi) is 7.85. The van der Waals surface area contributed by atoms with Crippen molar-refractivity contribution in [2.75, 3.05) is 12.0 Å². The van der Waals surface area contributed by atoms with Crippen LogP contribution in [-0.4, -0.2) is 18.3 Å². The molecule has 0 fully saturated rings. The highest BCUT2D eigenvalue weighted by Gasteiger charge is 2.18. The molecule has 2 rings (SSSR count). The second kappa shape index (κ2) is 9.68. The van der Waals surface area contributed by atoms with E-state index < -0.39 is 5.97 Å². The highest BCUT2D eigenvalue weighted by atomic mass is 79.9. The van der Waals surface area contributed by atoms with Crippen LogP contribution in [0.2, 0.25) is 0 Å². The number of hydrazone groups is 1. The Labute approximate surface area is 140 Å². The highest BCUT2D eigenvalue weighted by molar-refractivity contribution is 6.36. The normalized spacial score (nSPS) is 10.5. The molecule has 5 nitrogen and oxygen atoms in total. The van der Waals surface area contributed by atoms with Crippen LogP contribution < -0.4 is 27.0 Å². The summed E-state index contributed by atoms with van der Waals surface area (Å²) < 4.78 is 6.91. The van der Waals surface area contributed by atoms with E-state index in [1.807, 2.05) is 65.5 Å². The Balaban J connectivity index is 0.00000242. The minimum Gasteiger partial charge on any atom is -1.00 e. The smallest absolute Gasteiger partial charge is 0.361 e. The molecule has 2 aromatic rings. The van der Waals surface area contributed by atoms with Gasteiger partial charge in [0.2, 0.25) is 5.71 Å². The lowest BCUT2D eigenvalue weighted by molar-refractivity contribution is -0.681. The quantitative estimate of drug-likeness (QED) is 0.310. The molecule has 1 heterocycles. The lowest BCUT2D eigenvalue weighted by Gasteiger charge is -2.05. The molecule has 0 aliphatic rings. The topological polar surface area (TPSA) is 54.6 Å². The predicted molar refractivity (Wildman–Crippen MR) is 80.8 cm³/mol. The van der Waals surface area contributed by atoms with E-state index in [2.05, 4.69) is 10.5 Å². The van der Waals surface area contributed by atoms with Gasteiger partial charge in [-0.1, -0.05) is 24.3 Å². The number of aromatic nitrogens is 1. The third-order valence-corrected chi connectivity index (χ3v) is 2.71. The fraction of sp³-hybridized carbons (Fsp3) is 0.188. The van der Waals surface area contributed by atoms with Crippen molar-refractivity contribution in [2.24, 2.45) is 5.10 Å². The average Bonchev–Trinajstić information content (AvgIpc) is 2.53. The molecule has 0 amide bonds. The van der Waals surface area contributed by atoms with Gasteiger partial charge in [0.05, 0.1) is 12.3 Å². The van der Waals surface area contributed by atoms with Crippen LogP contribution in [0.5, 0.6) is 0 Å². The molecule has 0 aliphatic heterocycles. The summed E-state index contributed by atoms with van der Waals surface area (Å²) in [4.78, 5) is 12.0. The summed E-state index contributed by atoms with van der Waals surface area (Å²) in [5.41, 5.74) is 4.01. The van der Waals surface area contributed by atoms with Crippen molar-refractivity contribution in [2.45, 2.75) is 13.5 Å². The molecule has 0 spiro atoms. The Hall–Kier alpha value is -2.21. The average molecular weight is 364 g/mol. The fourth-order valence-corrected chi connectivity index (χ4v) is 1.72. The summed E-state index contributed by atoms with van der Waals surface area (Å²) in [6.45, 7) is 2.44. The number of anilines is 1. The number of benzene rings is 1. The van der Waals surface area contributed by atoms with Crippen LogP contribution >= 0.6 is 0 Å². The number of nitrogens with zero attached hydrogens (tertiary/aromatic N) is 2. The van der Waals surface area contributed by atoms with Gasteiger partial charge in [-0.3, -0.25) is 5.43 Å². The molecule has 116 valence electrons. The summed E-state index contributed by atoms with van der Waals surface area (Å²) >= 11 is 0. The summed E-state index contributed by atoms with van der Waals surface area (Å²) in [6, 6.07) is 15.2. The SMILES string of the molecule is CCOC(=O)C(C[n+]1ccccc1)=NNc1ccccc1.[Br-]. The molecule has 0 atom stereocenters. The van der Waals surface area contributed by atoms with E-state index in [0.717, 1.165) is 5.69 Å². The first-order valence-electron chi connectivity index (χ1n) is 6.78. The number of rotatable bonds is 6. The molecule has 1 aromatic heterocycles. The molecular formula is C16H18BrN3O2. The minimum atomic E-state index is -0.419. The fourth-order valence-electron chi connectivity index (χ4n) is 1.72. The van der Waals surface area contributed by atoms with Crippen LogP contribution in [0.15, 0.2) is 66.0 Å². The Bertz CT molecular complexity index is 603. The third kappa shape index (κ3) is 5.65. The zero-order chi connectivity index (χ0) is 14.9. The molecule has 22 heavy (non-hydrogen) atoms. The van der Waals surface area contributed by atoms with E-state index in [-0.39, 0.29) is 17.0 Å². The number of hydrogen-bond donors (Lipinski definition) is 1. The van der Waals surface area contributed by atoms with Gasteiger partial charge >= 0.3 is 5.97 Å². The summed E-state index contributed by atoms with van der Waals surface area (Å²) in [5.74, 6) is -0.419. The molecular weight excluding hydrogens is 346 g/mol. The summed E-state index contributed by atoms with van der Waals surface area (Å²) in [5, 5.41) is 4.18. The monoisotopic (exact) mass is 363 g/mol. The van der Waals surface area contributed by atoms with Crippen LogP contribution in [0.25, 0.3) is 0 Å². The van der Waals surface area contributed by atoms with Crippen LogP contribution in [0.4, 0.5) is 5.69 Å². The zero-order valence-electron chi connectivity index (χ0n) is 12.3. The second-order valence-electron chi connectivity index (χ2n) is 4.30. The van der Waals surface area contributed by atoms with Gasteiger partial charge in [0, 0.05) is 12.1 Å². The predicted octanol–water partition coefficient (Wildman–Crippen LogP) is -0.991. The van der Waals surface area contributed by atoms with Gasteiger partial charge in [0.25, 0.3) is 0 Å². The van der Waals surface area contributed by atoms with Crippen molar-refractivity contribution < 1.29 is 31.1 Å². The lowest BCUT2D eigenvalue weighted by Crippen LogP contribution is -3.00. The molecule has 1 N–H and O–H groups in total. The van der Waals surface area contributed by atoms with Gasteiger partial charge in [-0.05, 0) is 19.1 Å². The van der Waals surface area contributed by atoms with Crippen LogP contribution in [0.1, 0.15) is 6.92 Å². The summed E-state index contributed by atoms with van der Waals surface area (Å²) in [6.07, 6.45) is 3.74. The van der Waals surface area contributed by atoms with E-state index >= 15 is 0 Å². The van der Waals surface area contributed by atoms with Crippen molar-refractivity contribution in [1.82, 2.24) is 0 Å². The number of halogens is 1. The number of esters is 1. The molecule has 6 heteroatoms. The van der Waals surface area contributed by atoms with E-state index in [1.165, 1.54) is 0 Å². The molecule has 0 aliphatic carbocycles. The van der Waals surface area contributed by atoms with Crippen molar-refractivity contribution in [3.63, 3.8) is 0 Å². The Morgan fingerprint density at radius 3 is 2.41 bits per heavy atom. The zero-order valence-corrected chi connectivity index (χ0v) is 13.9. The molecule has 0 radical (unpaired) electrons. The molecule has 0 unspecified atom stereocenters. The number of carbonyl (C=O) groups excluding carboxylic acids is 1. The largest absolute Gasteiger partial charge is 1.00 e. The maximum absolute atomic E-state index is 12.0. The van der Waals surface area contributed by atoms with Gasteiger partial charge in [-0.2, -0.15) is 9.67 Å². The first kappa shape index (κ1) is 17.8. The molecule has 0 saturated carbocycles. The molecule has 0 saturated heterocycles. The first-order chi connectivity index (χ1) is 10.3.